The highest BCUT2D eigenvalue weighted by atomic mass is 35.5. The number of methoxy groups -OCH3 is 2. The second kappa shape index (κ2) is 11.8. The molecule has 0 spiro atoms. The van der Waals surface area contributed by atoms with E-state index in [9.17, 15) is 4.79 Å². The van der Waals surface area contributed by atoms with Gasteiger partial charge in [-0.1, -0.05) is 31.5 Å². The van der Waals surface area contributed by atoms with Gasteiger partial charge in [0, 0.05) is 42.6 Å². The summed E-state index contributed by atoms with van der Waals surface area (Å²) in [5.41, 5.74) is 3.16. The number of furan rings is 1. The van der Waals surface area contributed by atoms with Crippen LogP contribution in [0.3, 0.4) is 0 Å². The number of benzene rings is 3. The van der Waals surface area contributed by atoms with Gasteiger partial charge in [0.15, 0.2) is 0 Å². The third-order valence-electron chi connectivity index (χ3n) is 7.00. The van der Waals surface area contributed by atoms with Crippen molar-refractivity contribution in [1.29, 1.82) is 0 Å². The summed E-state index contributed by atoms with van der Waals surface area (Å²) in [6.07, 6.45) is 1.81. The zero-order valence-corrected chi connectivity index (χ0v) is 22.3. The van der Waals surface area contributed by atoms with Crippen molar-refractivity contribution >= 4 is 45.9 Å². The number of amides is 1. The molecule has 3 aromatic carbocycles. The lowest BCUT2D eigenvalue weighted by molar-refractivity contribution is 0.0821. The van der Waals surface area contributed by atoms with E-state index in [0.29, 0.717) is 16.9 Å². The van der Waals surface area contributed by atoms with Crippen molar-refractivity contribution in [3.05, 3.63) is 66.2 Å². The first-order chi connectivity index (χ1) is 17.6. The van der Waals surface area contributed by atoms with E-state index in [2.05, 4.69) is 34.2 Å². The molecule has 5 rings (SSSR count). The summed E-state index contributed by atoms with van der Waals surface area (Å²) in [6.45, 7) is 5.69. The molecule has 1 N–H and O–H groups in total. The molecular formula is C29H34ClN3O4. The minimum Gasteiger partial charge on any atom is -0.497 e. The third kappa shape index (κ3) is 5.48. The lowest BCUT2D eigenvalue weighted by Crippen LogP contribution is -2.56. The smallest absolute Gasteiger partial charge is 0.256 e. The van der Waals surface area contributed by atoms with E-state index in [-0.39, 0.29) is 24.5 Å². The van der Waals surface area contributed by atoms with Crippen molar-refractivity contribution in [1.82, 2.24) is 10.2 Å². The molecule has 37 heavy (non-hydrogen) atoms. The average Bonchev–Trinajstić information content (AvgIpc) is 3.29. The lowest BCUT2D eigenvalue weighted by atomic mass is 10.1. The van der Waals surface area contributed by atoms with E-state index in [1.54, 1.807) is 20.3 Å². The standard InChI is InChI=1S/C29H33N3O4.ClH/c1-4-7-28(32-16-14-31(15-17-32)20-10-12-21(34-2)13-11-20)30-29(33)24-19-27-23(18-26(24)35-3)22-8-5-6-9-25(22)36-27;/h5-6,8-13,18-19,28H,4,7,14-17H2,1-3H3,(H,30,33);1H. The summed E-state index contributed by atoms with van der Waals surface area (Å²) >= 11 is 0. The van der Waals surface area contributed by atoms with Crippen LogP contribution in [0.4, 0.5) is 5.69 Å². The van der Waals surface area contributed by atoms with Crippen molar-refractivity contribution in [2.24, 2.45) is 0 Å². The Morgan fingerprint density at radius 3 is 2.35 bits per heavy atom. The second-order valence-corrected chi connectivity index (χ2v) is 9.15. The van der Waals surface area contributed by atoms with Gasteiger partial charge in [-0.05, 0) is 48.9 Å². The maximum absolute atomic E-state index is 13.5. The van der Waals surface area contributed by atoms with Gasteiger partial charge < -0.3 is 24.1 Å². The number of piperazine rings is 1. The van der Waals surface area contributed by atoms with Gasteiger partial charge in [-0.25, -0.2) is 0 Å². The fourth-order valence-corrected chi connectivity index (χ4v) is 5.03. The van der Waals surface area contributed by atoms with E-state index in [0.717, 1.165) is 61.1 Å². The molecule has 1 atom stereocenters. The molecule has 0 radical (unpaired) electrons. The summed E-state index contributed by atoms with van der Waals surface area (Å²) in [7, 11) is 3.28. The molecule has 1 saturated heterocycles. The van der Waals surface area contributed by atoms with Crippen LogP contribution < -0.4 is 19.7 Å². The Hall–Kier alpha value is -3.42. The predicted octanol–water partition coefficient (Wildman–Crippen LogP) is 5.70. The highest BCUT2D eigenvalue weighted by molar-refractivity contribution is 6.09. The average molecular weight is 524 g/mol. The highest BCUT2D eigenvalue weighted by Gasteiger charge is 2.26. The predicted molar refractivity (Wildman–Crippen MR) is 150 cm³/mol. The molecule has 4 aromatic rings. The first kappa shape index (κ1) is 26.6. The fourth-order valence-electron chi connectivity index (χ4n) is 5.03. The molecule has 2 heterocycles. The van der Waals surface area contributed by atoms with E-state index >= 15 is 0 Å². The van der Waals surface area contributed by atoms with Crippen molar-refractivity contribution in [3.8, 4) is 11.5 Å². The quantitative estimate of drug-likeness (QED) is 0.319. The maximum Gasteiger partial charge on any atom is 0.256 e. The Labute approximate surface area is 223 Å². The first-order valence-electron chi connectivity index (χ1n) is 12.5. The van der Waals surface area contributed by atoms with Gasteiger partial charge in [-0.3, -0.25) is 9.69 Å². The normalized spacial score (nSPS) is 14.8. The number of rotatable bonds is 8. The molecule has 8 heteroatoms. The van der Waals surface area contributed by atoms with Gasteiger partial charge in [-0.15, -0.1) is 12.4 Å². The zero-order chi connectivity index (χ0) is 25.1. The summed E-state index contributed by atoms with van der Waals surface area (Å²) < 4.78 is 16.9. The Morgan fingerprint density at radius 2 is 1.68 bits per heavy atom. The molecule has 1 amide bonds. The van der Waals surface area contributed by atoms with E-state index in [1.165, 1.54) is 5.69 Å². The number of nitrogens with one attached hydrogen (secondary N) is 1. The van der Waals surface area contributed by atoms with Gasteiger partial charge in [0.05, 0.1) is 25.9 Å². The summed E-state index contributed by atoms with van der Waals surface area (Å²) in [5.74, 6) is 1.26. The van der Waals surface area contributed by atoms with Crippen molar-refractivity contribution in [2.45, 2.75) is 25.9 Å². The van der Waals surface area contributed by atoms with Crippen LogP contribution in [0.15, 0.2) is 65.1 Å². The second-order valence-electron chi connectivity index (χ2n) is 9.15. The minimum atomic E-state index is -0.148. The summed E-state index contributed by atoms with van der Waals surface area (Å²) in [6, 6.07) is 19.8. The highest BCUT2D eigenvalue weighted by Crippen LogP contribution is 2.34. The number of halogens is 1. The molecular weight excluding hydrogens is 490 g/mol. The molecule has 196 valence electrons. The molecule has 7 nitrogen and oxygen atoms in total. The Morgan fingerprint density at radius 1 is 0.946 bits per heavy atom. The molecule has 1 aliphatic rings. The van der Waals surface area contributed by atoms with Crippen LogP contribution in [0, 0.1) is 0 Å². The van der Waals surface area contributed by atoms with Crippen LogP contribution in [-0.4, -0.2) is 57.4 Å². The molecule has 1 aliphatic heterocycles. The fraction of sp³-hybridized carbons (Fsp3) is 0.345. The lowest BCUT2D eigenvalue weighted by Gasteiger charge is -2.40. The van der Waals surface area contributed by atoms with Crippen LogP contribution >= 0.6 is 12.4 Å². The van der Waals surface area contributed by atoms with Crippen LogP contribution in [0.1, 0.15) is 30.1 Å². The number of para-hydroxylation sites is 1. The largest absolute Gasteiger partial charge is 0.497 e. The number of carbonyl (C=O) groups is 1. The SMILES string of the molecule is CCCC(NC(=O)c1cc2oc3ccccc3c2cc1OC)N1CCN(c2ccc(OC)cc2)CC1.Cl. The molecule has 1 aromatic heterocycles. The summed E-state index contributed by atoms with van der Waals surface area (Å²) in [5, 5.41) is 5.23. The molecule has 0 bridgehead atoms. The van der Waals surface area contributed by atoms with Gasteiger partial charge in [0.2, 0.25) is 0 Å². The van der Waals surface area contributed by atoms with Crippen LogP contribution in [0.25, 0.3) is 21.9 Å². The summed E-state index contributed by atoms with van der Waals surface area (Å²) in [4.78, 5) is 18.2. The van der Waals surface area contributed by atoms with E-state index in [1.807, 2.05) is 42.5 Å². The van der Waals surface area contributed by atoms with Gasteiger partial charge >= 0.3 is 0 Å². The molecule has 0 saturated carbocycles. The first-order valence-corrected chi connectivity index (χ1v) is 12.5. The van der Waals surface area contributed by atoms with E-state index in [4.69, 9.17) is 13.9 Å². The van der Waals surface area contributed by atoms with Crippen LogP contribution in [0.5, 0.6) is 11.5 Å². The number of carbonyl (C=O) groups excluding carboxylic acids is 1. The number of fused-ring (bicyclic) bond motifs is 3. The monoisotopic (exact) mass is 523 g/mol. The zero-order valence-electron chi connectivity index (χ0n) is 21.5. The number of anilines is 1. The van der Waals surface area contributed by atoms with Crippen LogP contribution in [-0.2, 0) is 0 Å². The van der Waals surface area contributed by atoms with Gasteiger partial charge in [0.1, 0.15) is 22.7 Å². The number of nitrogens with zero attached hydrogens (tertiary/aromatic N) is 2. The Kier molecular flexibility index (Phi) is 8.46. The van der Waals surface area contributed by atoms with Crippen molar-refractivity contribution < 1.29 is 18.7 Å². The maximum atomic E-state index is 13.5. The van der Waals surface area contributed by atoms with E-state index < -0.39 is 0 Å². The molecule has 1 fully saturated rings. The number of hydrogen-bond donors (Lipinski definition) is 1. The third-order valence-corrected chi connectivity index (χ3v) is 7.00. The van der Waals surface area contributed by atoms with Crippen LogP contribution in [0.2, 0.25) is 0 Å². The van der Waals surface area contributed by atoms with Gasteiger partial charge in [0.25, 0.3) is 5.91 Å². The van der Waals surface area contributed by atoms with Crippen molar-refractivity contribution in [2.75, 3.05) is 45.3 Å². The number of hydrogen-bond acceptors (Lipinski definition) is 6. The molecule has 1 unspecified atom stereocenters. The molecule has 0 aliphatic carbocycles. The Bertz CT molecular complexity index is 1350. The van der Waals surface area contributed by atoms with Crippen molar-refractivity contribution in [3.63, 3.8) is 0 Å². The topological polar surface area (TPSA) is 67.2 Å². The Balaban J connectivity index is 0.00000320. The van der Waals surface area contributed by atoms with Gasteiger partial charge in [-0.2, -0.15) is 0 Å². The minimum absolute atomic E-state index is 0. The number of ether oxygens (including phenoxy) is 2.